The van der Waals surface area contributed by atoms with Gasteiger partial charge in [-0.05, 0) is 37.1 Å². The zero-order valence-electron chi connectivity index (χ0n) is 10.0. The van der Waals surface area contributed by atoms with E-state index in [9.17, 15) is 0 Å². The van der Waals surface area contributed by atoms with Crippen molar-refractivity contribution in [3.8, 4) is 0 Å². The molecule has 0 radical (unpaired) electrons. The predicted molar refractivity (Wildman–Crippen MR) is 72.8 cm³/mol. The molecule has 1 N–H and O–H groups in total. The van der Waals surface area contributed by atoms with Crippen molar-refractivity contribution in [3.05, 3.63) is 29.3 Å². The van der Waals surface area contributed by atoms with Gasteiger partial charge in [-0.15, -0.1) is 0 Å². The van der Waals surface area contributed by atoms with Gasteiger partial charge < -0.3 is 10.2 Å². The highest BCUT2D eigenvalue weighted by Crippen LogP contribution is 2.30. The van der Waals surface area contributed by atoms with Gasteiger partial charge in [0.1, 0.15) is 0 Å². The topological polar surface area (TPSA) is 15.3 Å². The molecule has 1 saturated carbocycles. The molecule has 0 unspecified atom stereocenters. The molecule has 2 fully saturated rings. The molecule has 1 aromatic rings. The maximum Gasteiger partial charge on any atom is 0.0443 e. The highest BCUT2D eigenvalue weighted by molar-refractivity contribution is 6.30. The van der Waals surface area contributed by atoms with Crippen molar-refractivity contribution in [2.45, 2.75) is 37.8 Å². The quantitative estimate of drug-likeness (QED) is 0.824. The molecule has 17 heavy (non-hydrogen) atoms. The van der Waals surface area contributed by atoms with Crippen molar-refractivity contribution in [3.63, 3.8) is 0 Å². The number of fused-ring (bicyclic) bond motifs is 1. The van der Waals surface area contributed by atoms with Crippen molar-refractivity contribution >= 4 is 17.3 Å². The minimum Gasteiger partial charge on any atom is -0.366 e. The molecular formula is C14H19ClN2. The van der Waals surface area contributed by atoms with Crippen LogP contribution in [0.25, 0.3) is 0 Å². The van der Waals surface area contributed by atoms with E-state index >= 15 is 0 Å². The normalized spacial score (nSPS) is 28.9. The summed E-state index contributed by atoms with van der Waals surface area (Å²) in [7, 11) is 0. The fourth-order valence-corrected chi connectivity index (χ4v) is 3.34. The largest absolute Gasteiger partial charge is 0.366 e. The molecule has 1 aliphatic heterocycles. The van der Waals surface area contributed by atoms with E-state index in [1.54, 1.807) is 0 Å². The zero-order valence-corrected chi connectivity index (χ0v) is 10.8. The lowest BCUT2D eigenvalue weighted by molar-refractivity contribution is 0.284. The van der Waals surface area contributed by atoms with E-state index in [1.165, 1.54) is 31.4 Å². The summed E-state index contributed by atoms with van der Waals surface area (Å²) in [6.07, 6.45) is 5.39. The summed E-state index contributed by atoms with van der Waals surface area (Å²) < 4.78 is 0. The van der Waals surface area contributed by atoms with Crippen LogP contribution >= 0.6 is 11.6 Å². The summed E-state index contributed by atoms with van der Waals surface area (Å²) in [5, 5.41) is 4.49. The molecule has 2 aliphatic rings. The molecule has 1 aliphatic carbocycles. The molecule has 1 saturated heterocycles. The molecular weight excluding hydrogens is 232 g/mol. The third-order valence-corrected chi connectivity index (χ3v) is 4.30. The van der Waals surface area contributed by atoms with Crippen LogP contribution in [0.1, 0.15) is 25.7 Å². The van der Waals surface area contributed by atoms with E-state index in [2.05, 4.69) is 22.3 Å². The Kier molecular flexibility index (Phi) is 3.26. The number of nitrogens with zero attached hydrogens (tertiary/aromatic N) is 1. The van der Waals surface area contributed by atoms with Crippen molar-refractivity contribution < 1.29 is 0 Å². The van der Waals surface area contributed by atoms with Crippen LogP contribution in [-0.4, -0.2) is 25.2 Å². The molecule has 3 heteroatoms. The summed E-state index contributed by atoms with van der Waals surface area (Å²) in [6, 6.07) is 9.67. The molecule has 0 spiro atoms. The molecule has 3 rings (SSSR count). The Hall–Kier alpha value is -0.730. The minimum atomic E-state index is 0.679. The predicted octanol–water partition coefficient (Wildman–Crippen LogP) is 3.06. The average Bonchev–Trinajstić information content (AvgIpc) is 2.39. The molecule has 2 nitrogen and oxygen atoms in total. The number of anilines is 1. The zero-order chi connectivity index (χ0) is 11.7. The van der Waals surface area contributed by atoms with E-state index in [0.717, 1.165) is 18.1 Å². The van der Waals surface area contributed by atoms with E-state index in [-0.39, 0.29) is 0 Å². The first-order valence-electron chi connectivity index (χ1n) is 6.60. The van der Waals surface area contributed by atoms with Crippen LogP contribution in [-0.2, 0) is 0 Å². The third-order valence-electron chi connectivity index (χ3n) is 4.05. The van der Waals surface area contributed by atoms with Crippen molar-refractivity contribution in [2.75, 3.05) is 18.0 Å². The van der Waals surface area contributed by atoms with Gasteiger partial charge in [0.15, 0.2) is 0 Å². The van der Waals surface area contributed by atoms with Gasteiger partial charge >= 0.3 is 0 Å². The lowest BCUT2D eigenvalue weighted by atomic mass is 9.87. The van der Waals surface area contributed by atoms with Gasteiger partial charge in [0.2, 0.25) is 0 Å². The van der Waals surface area contributed by atoms with Gasteiger partial charge in [0, 0.05) is 35.9 Å². The lowest BCUT2D eigenvalue weighted by Crippen LogP contribution is -2.59. The number of hydrogen-bond donors (Lipinski definition) is 1. The van der Waals surface area contributed by atoms with Crippen molar-refractivity contribution in [1.29, 1.82) is 0 Å². The lowest BCUT2D eigenvalue weighted by Gasteiger charge is -2.46. The second kappa shape index (κ2) is 4.87. The van der Waals surface area contributed by atoms with Crippen LogP contribution < -0.4 is 10.2 Å². The van der Waals surface area contributed by atoms with E-state index in [4.69, 9.17) is 11.6 Å². The summed E-state index contributed by atoms with van der Waals surface area (Å²) >= 11 is 5.96. The summed E-state index contributed by atoms with van der Waals surface area (Å²) in [4.78, 5) is 2.57. The van der Waals surface area contributed by atoms with E-state index < -0.39 is 0 Å². The molecule has 92 valence electrons. The number of benzene rings is 1. The molecule has 0 amide bonds. The third kappa shape index (κ3) is 2.29. The first kappa shape index (κ1) is 11.4. The van der Waals surface area contributed by atoms with Gasteiger partial charge in [0.25, 0.3) is 0 Å². The molecule has 0 aromatic heterocycles. The van der Waals surface area contributed by atoms with Gasteiger partial charge in [0.05, 0.1) is 0 Å². The Balaban J connectivity index is 1.83. The number of rotatable bonds is 1. The standard InChI is InChI=1S/C14H19ClN2/c15-11-5-7-12(8-6-11)17-10-9-16-13-3-1-2-4-14(13)17/h5-8,13-14,16H,1-4,9-10H2/t13-,14-/m0/s1. The van der Waals surface area contributed by atoms with Crippen LogP contribution in [0.3, 0.4) is 0 Å². The van der Waals surface area contributed by atoms with Gasteiger partial charge in [-0.3, -0.25) is 0 Å². The summed E-state index contributed by atoms with van der Waals surface area (Å²) in [6.45, 7) is 2.21. The van der Waals surface area contributed by atoms with Crippen LogP contribution in [0.15, 0.2) is 24.3 Å². The Labute approximate surface area is 108 Å². The Morgan fingerprint density at radius 2 is 1.88 bits per heavy atom. The molecule has 2 atom stereocenters. The highest BCUT2D eigenvalue weighted by Gasteiger charge is 2.32. The minimum absolute atomic E-state index is 0.679. The average molecular weight is 251 g/mol. The van der Waals surface area contributed by atoms with E-state index in [1.807, 2.05) is 12.1 Å². The number of piperazine rings is 1. The maximum absolute atomic E-state index is 5.96. The summed E-state index contributed by atoms with van der Waals surface area (Å²) in [5.74, 6) is 0. The molecule has 0 bridgehead atoms. The SMILES string of the molecule is Clc1ccc(N2CCN[C@H]3CCCC[C@@H]32)cc1. The van der Waals surface area contributed by atoms with E-state index in [0.29, 0.717) is 12.1 Å². The Morgan fingerprint density at radius 3 is 2.71 bits per heavy atom. The van der Waals surface area contributed by atoms with Gasteiger partial charge in [-0.2, -0.15) is 0 Å². The molecule has 1 heterocycles. The maximum atomic E-state index is 5.96. The number of halogens is 1. The van der Waals surface area contributed by atoms with Crippen LogP contribution in [0.5, 0.6) is 0 Å². The smallest absolute Gasteiger partial charge is 0.0443 e. The van der Waals surface area contributed by atoms with Crippen molar-refractivity contribution in [2.24, 2.45) is 0 Å². The second-order valence-electron chi connectivity index (χ2n) is 5.08. The first-order valence-corrected chi connectivity index (χ1v) is 6.98. The number of nitrogens with one attached hydrogen (secondary N) is 1. The first-order chi connectivity index (χ1) is 8.34. The van der Waals surface area contributed by atoms with Crippen LogP contribution in [0, 0.1) is 0 Å². The van der Waals surface area contributed by atoms with Crippen molar-refractivity contribution in [1.82, 2.24) is 5.32 Å². The van der Waals surface area contributed by atoms with Crippen LogP contribution in [0.4, 0.5) is 5.69 Å². The number of hydrogen-bond acceptors (Lipinski definition) is 2. The molecule has 1 aromatic carbocycles. The van der Waals surface area contributed by atoms with Crippen LogP contribution in [0.2, 0.25) is 5.02 Å². The second-order valence-corrected chi connectivity index (χ2v) is 5.52. The van der Waals surface area contributed by atoms with Gasteiger partial charge in [-0.25, -0.2) is 0 Å². The highest BCUT2D eigenvalue weighted by atomic mass is 35.5. The Bertz CT molecular complexity index is 374. The summed E-state index contributed by atoms with van der Waals surface area (Å²) in [5.41, 5.74) is 1.33. The monoisotopic (exact) mass is 250 g/mol. The fraction of sp³-hybridized carbons (Fsp3) is 0.571. The van der Waals surface area contributed by atoms with Gasteiger partial charge in [-0.1, -0.05) is 24.4 Å². The fourth-order valence-electron chi connectivity index (χ4n) is 3.21. The Morgan fingerprint density at radius 1 is 1.12 bits per heavy atom.